The summed E-state index contributed by atoms with van der Waals surface area (Å²) in [5.74, 6) is 2.09. The molecule has 5 aromatic rings. The summed E-state index contributed by atoms with van der Waals surface area (Å²) in [5.41, 5.74) is 5.28. The lowest BCUT2D eigenvalue weighted by molar-refractivity contribution is 0.503. The predicted octanol–water partition coefficient (Wildman–Crippen LogP) is 2.37. The van der Waals surface area contributed by atoms with Crippen LogP contribution in [0.15, 0.2) is 47.8 Å². The molecule has 1 aromatic carbocycles. The zero-order valence-electron chi connectivity index (χ0n) is 17.5. The van der Waals surface area contributed by atoms with Gasteiger partial charge >= 0.3 is 5.69 Å². The molecule has 0 atom stereocenters. The zero-order chi connectivity index (χ0) is 21.7. The Kier molecular flexibility index (Phi) is 4.23. The van der Waals surface area contributed by atoms with Crippen molar-refractivity contribution in [1.82, 2.24) is 39.7 Å². The van der Waals surface area contributed by atoms with Crippen LogP contribution in [0.4, 0.5) is 5.82 Å². The van der Waals surface area contributed by atoms with Crippen molar-refractivity contribution in [3.63, 3.8) is 0 Å². The van der Waals surface area contributed by atoms with Crippen molar-refractivity contribution in [3.05, 3.63) is 59.0 Å². The molecular formula is C22H21N9O. The quantitative estimate of drug-likeness (QED) is 0.453. The van der Waals surface area contributed by atoms with Crippen LogP contribution < -0.4 is 10.6 Å². The molecule has 0 saturated carbocycles. The monoisotopic (exact) mass is 427 g/mol. The van der Waals surface area contributed by atoms with Gasteiger partial charge in [0.1, 0.15) is 12.2 Å². The van der Waals surface area contributed by atoms with Gasteiger partial charge in [0, 0.05) is 25.7 Å². The molecule has 0 bridgehead atoms. The van der Waals surface area contributed by atoms with Gasteiger partial charge in [-0.2, -0.15) is 10.2 Å². The summed E-state index contributed by atoms with van der Waals surface area (Å²) in [4.78, 5) is 33.4. The minimum Gasteiger partial charge on any atom is -0.355 e. The minimum absolute atomic E-state index is 0.169. The summed E-state index contributed by atoms with van der Waals surface area (Å²) in [5, 5.41) is 7.82. The molecule has 0 amide bonds. The summed E-state index contributed by atoms with van der Waals surface area (Å²) in [6, 6.07) is 8.07. The normalized spacial score (nSPS) is 15.1. The number of imidazole rings is 2. The number of nitrogens with zero attached hydrogens (tertiary/aromatic N) is 7. The third kappa shape index (κ3) is 3.03. The Morgan fingerprint density at radius 2 is 1.88 bits per heavy atom. The number of benzene rings is 1. The van der Waals surface area contributed by atoms with E-state index in [1.807, 2.05) is 23.7 Å². The molecule has 160 valence electrons. The van der Waals surface area contributed by atoms with Gasteiger partial charge < -0.3 is 19.4 Å². The molecule has 32 heavy (non-hydrogen) atoms. The van der Waals surface area contributed by atoms with E-state index in [1.165, 1.54) is 5.56 Å². The van der Waals surface area contributed by atoms with E-state index < -0.39 is 0 Å². The van der Waals surface area contributed by atoms with Crippen molar-refractivity contribution >= 4 is 28.0 Å². The Morgan fingerprint density at radius 3 is 2.69 bits per heavy atom. The van der Waals surface area contributed by atoms with Crippen molar-refractivity contribution in [1.29, 1.82) is 0 Å². The maximum Gasteiger partial charge on any atom is 0.323 e. The van der Waals surface area contributed by atoms with Gasteiger partial charge in [0.15, 0.2) is 17.0 Å². The molecule has 0 radical (unpaired) electrons. The fourth-order valence-electron chi connectivity index (χ4n) is 4.63. The molecule has 10 heteroatoms. The Balaban J connectivity index is 1.28. The summed E-state index contributed by atoms with van der Waals surface area (Å²) in [6.07, 6.45) is 6.97. The van der Waals surface area contributed by atoms with E-state index in [0.29, 0.717) is 5.92 Å². The lowest BCUT2D eigenvalue weighted by Gasteiger charge is -2.33. The van der Waals surface area contributed by atoms with Crippen LogP contribution >= 0.6 is 0 Å². The minimum atomic E-state index is -0.169. The van der Waals surface area contributed by atoms with Crippen LogP contribution in [0.5, 0.6) is 0 Å². The molecule has 1 fully saturated rings. The highest BCUT2D eigenvalue weighted by atomic mass is 16.1. The van der Waals surface area contributed by atoms with E-state index in [2.05, 4.69) is 47.2 Å². The first-order chi connectivity index (χ1) is 15.7. The second-order valence-corrected chi connectivity index (χ2v) is 8.14. The first-order valence-corrected chi connectivity index (χ1v) is 10.6. The van der Waals surface area contributed by atoms with Crippen LogP contribution in [0.3, 0.4) is 0 Å². The third-order valence-corrected chi connectivity index (χ3v) is 6.29. The molecule has 4 aromatic heterocycles. The topological polar surface area (TPSA) is 121 Å². The first kappa shape index (κ1) is 18.7. The van der Waals surface area contributed by atoms with Gasteiger partial charge in [0.25, 0.3) is 0 Å². The van der Waals surface area contributed by atoms with Crippen LogP contribution in [-0.2, 0) is 7.05 Å². The molecule has 0 aliphatic carbocycles. The van der Waals surface area contributed by atoms with E-state index in [9.17, 15) is 4.79 Å². The van der Waals surface area contributed by atoms with Crippen molar-refractivity contribution in [2.75, 3.05) is 18.0 Å². The van der Waals surface area contributed by atoms with Crippen LogP contribution in [0.25, 0.3) is 33.6 Å². The Morgan fingerprint density at radius 1 is 1.03 bits per heavy atom. The van der Waals surface area contributed by atoms with Crippen molar-refractivity contribution in [2.45, 2.75) is 18.8 Å². The molecule has 1 saturated heterocycles. The number of aromatic nitrogens is 8. The highest BCUT2D eigenvalue weighted by Gasteiger charge is 2.25. The molecule has 0 unspecified atom stereocenters. The van der Waals surface area contributed by atoms with Gasteiger partial charge in [-0.3, -0.25) is 0 Å². The highest BCUT2D eigenvalue weighted by molar-refractivity contribution is 5.86. The fourth-order valence-corrected chi connectivity index (χ4v) is 4.63. The number of H-pyrrole nitrogens is 2. The second-order valence-electron chi connectivity index (χ2n) is 8.14. The zero-order valence-corrected chi connectivity index (χ0v) is 17.5. The summed E-state index contributed by atoms with van der Waals surface area (Å²) < 4.78 is 1.97. The van der Waals surface area contributed by atoms with Gasteiger partial charge in [-0.25, -0.2) is 19.7 Å². The molecule has 6 rings (SSSR count). The third-order valence-electron chi connectivity index (χ3n) is 6.29. The maximum absolute atomic E-state index is 11.6. The number of piperidine rings is 1. The van der Waals surface area contributed by atoms with Crippen LogP contribution in [0.1, 0.15) is 24.3 Å². The highest BCUT2D eigenvalue weighted by Crippen LogP contribution is 2.33. The van der Waals surface area contributed by atoms with Gasteiger partial charge in [0.05, 0.1) is 23.4 Å². The Bertz CT molecular complexity index is 1480. The van der Waals surface area contributed by atoms with Crippen molar-refractivity contribution < 1.29 is 0 Å². The van der Waals surface area contributed by atoms with E-state index in [-0.39, 0.29) is 5.69 Å². The Hall–Kier alpha value is -4.08. The predicted molar refractivity (Wildman–Crippen MR) is 120 cm³/mol. The largest absolute Gasteiger partial charge is 0.355 e. The molecule has 5 heterocycles. The smallest absolute Gasteiger partial charge is 0.323 e. The van der Waals surface area contributed by atoms with Crippen molar-refractivity contribution in [2.24, 2.45) is 7.05 Å². The summed E-state index contributed by atoms with van der Waals surface area (Å²) >= 11 is 0. The van der Waals surface area contributed by atoms with E-state index in [4.69, 9.17) is 4.98 Å². The molecule has 1 aliphatic rings. The van der Waals surface area contributed by atoms with Gasteiger partial charge in [-0.15, -0.1) is 0 Å². The van der Waals surface area contributed by atoms with Crippen LogP contribution in [0, 0.1) is 0 Å². The number of hydrogen-bond acceptors (Lipinski definition) is 7. The number of aromatic amines is 2. The number of fused-ring (bicyclic) bond motifs is 2. The number of anilines is 1. The molecule has 2 N–H and O–H groups in total. The van der Waals surface area contributed by atoms with E-state index in [0.717, 1.165) is 65.3 Å². The van der Waals surface area contributed by atoms with E-state index in [1.54, 1.807) is 18.7 Å². The molecule has 1 aliphatic heterocycles. The SMILES string of the molecule is Cn1c(-c2ccnnc2)nc2c(N3CCC(c4ccc5[nH]c(=O)[nH]c5c4)CC3)ncnc21. The van der Waals surface area contributed by atoms with Gasteiger partial charge in [-0.1, -0.05) is 6.07 Å². The molecular weight excluding hydrogens is 406 g/mol. The number of hydrogen-bond donors (Lipinski definition) is 2. The number of rotatable bonds is 3. The van der Waals surface area contributed by atoms with Crippen LogP contribution in [-0.4, -0.2) is 52.8 Å². The maximum atomic E-state index is 11.6. The standard InChI is InChI=1S/C22H21N9O/c1-30-19(15-4-7-25-26-11-15)29-18-20(30)23-12-24-21(18)31-8-5-13(6-9-31)14-2-3-16-17(10-14)28-22(32)27-16/h2-4,7,10-13H,5-6,8-9H2,1H3,(H2,27,28,32). The van der Waals surface area contributed by atoms with Crippen molar-refractivity contribution in [3.8, 4) is 11.4 Å². The fraction of sp³-hybridized carbons (Fsp3) is 0.273. The lowest BCUT2D eigenvalue weighted by Crippen LogP contribution is -2.33. The number of nitrogens with one attached hydrogen (secondary N) is 2. The molecule has 10 nitrogen and oxygen atoms in total. The molecule has 0 spiro atoms. The van der Waals surface area contributed by atoms with Crippen LogP contribution in [0.2, 0.25) is 0 Å². The summed E-state index contributed by atoms with van der Waals surface area (Å²) in [7, 11) is 1.95. The van der Waals surface area contributed by atoms with E-state index >= 15 is 0 Å². The number of aryl methyl sites for hydroxylation is 1. The van der Waals surface area contributed by atoms with Gasteiger partial charge in [0.2, 0.25) is 0 Å². The average molecular weight is 427 g/mol. The summed E-state index contributed by atoms with van der Waals surface area (Å²) in [6.45, 7) is 1.75. The lowest BCUT2D eigenvalue weighted by atomic mass is 9.89. The second kappa shape index (κ2) is 7.26. The van der Waals surface area contributed by atoms with Gasteiger partial charge in [-0.05, 0) is 42.5 Å². The Labute approximate surface area is 182 Å². The average Bonchev–Trinajstić information content (AvgIpc) is 3.38. The first-order valence-electron chi connectivity index (χ1n) is 10.6.